The number of pyridine rings is 1. The third kappa shape index (κ3) is 3.02. The van der Waals surface area contributed by atoms with Gasteiger partial charge in [0, 0.05) is 16.5 Å². The minimum Gasteiger partial charge on any atom is -0.237 e. The summed E-state index contributed by atoms with van der Waals surface area (Å²) in [7, 11) is 0. The Labute approximate surface area is 110 Å². The highest BCUT2D eigenvalue weighted by Crippen LogP contribution is 2.36. The van der Waals surface area contributed by atoms with Crippen LogP contribution in [0.2, 0.25) is 0 Å². The largest absolute Gasteiger partial charge is 0.433 e. The van der Waals surface area contributed by atoms with Crippen LogP contribution in [-0.4, -0.2) is 4.98 Å². The standard InChI is InChI=1S/C8H4BrF5IN/c9-2-4-3(7(10)11)1-5(15)16-6(4)8(12,13)14/h1,7H,2H2. The summed E-state index contributed by atoms with van der Waals surface area (Å²) in [5.41, 5.74) is -2.40. The second-order valence-electron chi connectivity index (χ2n) is 2.79. The summed E-state index contributed by atoms with van der Waals surface area (Å²) in [5, 5.41) is -0.314. The molecule has 0 aliphatic rings. The van der Waals surface area contributed by atoms with Gasteiger partial charge >= 0.3 is 6.18 Å². The molecule has 1 aromatic rings. The Morgan fingerprint density at radius 1 is 1.38 bits per heavy atom. The quantitative estimate of drug-likeness (QED) is 0.299. The van der Waals surface area contributed by atoms with Crippen molar-refractivity contribution in [3.63, 3.8) is 0 Å². The van der Waals surface area contributed by atoms with Gasteiger partial charge < -0.3 is 0 Å². The molecule has 0 N–H and O–H groups in total. The number of hydrogen-bond acceptors (Lipinski definition) is 1. The van der Waals surface area contributed by atoms with Crippen molar-refractivity contribution in [3.8, 4) is 0 Å². The van der Waals surface area contributed by atoms with Crippen molar-refractivity contribution in [3.05, 3.63) is 26.6 Å². The molecule has 0 spiro atoms. The van der Waals surface area contributed by atoms with Crippen LogP contribution in [0, 0.1) is 3.70 Å². The lowest BCUT2D eigenvalue weighted by atomic mass is 10.1. The maximum absolute atomic E-state index is 12.5. The minimum atomic E-state index is -4.73. The SMILES string of the molecule is FC(F)c1cc(I)nc(C(F)(F)F)c1CBr. The third-order valence-corrected chi connectivity index (χ3v) is 2.88. The molecular formula is C8H4BrF5IN. The number of rotatable bonds is 2. The zero-order valence-electron chi connectivity index (χ0n) is 7.45. The second-order valence-corrected chi connectivity index (χ2v) is 4.46. The van der Waals surface area contributed by atoms with Crippen molar-refractivity contribution in [1.29, 1.82) is 0 Å². The second kappa shape index (κ2) is 5.11. The molecule has 0 aromatic carbocycles. The van der Waals surface area contributed by atoms with Crippen molar-refractivity contribution in [2.24, 2.45) is 0 Å². The molecule has 0 fully saturated rings. The van der Waals surface area contributed by atoms with E-state index in [0.29, 0.717) is 0 Å². The van der Waals surface area contributed by atoms with E-state index in [1.165, 1.54) is 22.6 Å². The lowest BCUT2D eigenvalue weighted by molar-refractivity contribution is -0.141. The molecule has 0 saturated heterocycles. The number of alkyl halides is 6. The van der Waals surface area contributed by atoms with Crippen molar-refractivity contribution >= 4 is 38.5 Å². The zero-order valence-corrected chi connectivity index (χ0v) is 11.2. The van der Waals surface area contributed by atoms with E-state index in [1.807, 2.05) is 0 Å². The Morgan fingerprint density at radius 3 is 2.31 bits per heavy atom. The molecule has 0 saturated carbocycles. The van der Waals surface area contributed by atoms with Crippen LogP contribution < -0.4 is 0 Å². The summed E-state index contributed by atoms with van der Waals surface area (Å²) >= 11 is 4.25. The molecule has 0 bridgehead atoms. The Balaban J connectivity index is 3.49. The maximum Gasteiger partial charge on any atom is 0.433 e. The van der Waals surface area contributed by atoms with Gasteiger partial charge in [0.15, 0.2) is 0 Å². The first-order chi connectivity index (χ1) is 7.27. The van der Waals surface area contributed by atoms with Crippen LogP contribution in [-0.2, 0) is 11.5 Å². The van der Waals surface area contributed by atoms with Crippen molar-refractivity contribution in [2.75, 3.05) is 0 Å². The van der Waals surface area contributed by atoms with Crippen LogP contribution >= 0.6 is 38.5 Å². The van der Waals surface area contributed by atoms with E-state index in [1.54, 1.807) is 0 Å². The molecule has 90 valence electrons. The van der Waals surface area contributed by atoms with Crippen LogP contribution in [0.15, 0.2) is 6.07 Å². The Hall–Kier alpha value is 0.01000. The van der Waals surface area contributed by atoms with E-state index < -0.39 is 29.4 Å². The van der Waals surface area contributed by atoms with E-state index in [0.717, 1.165) is 6.07 Å². The van der Waals surface area contributed by atoms with Crippen LogP contribution in [0.5, 0.6) is 0 Å². The molecule has 1 aromatic heterocycles. The lowest BCUT2D eigenvalue weighted by Crippen LogP contribution is -2.14. The van der Waals surface area contributed by atoms with Gasteiger partial charge in [0.1, 0.15) is 9.39 Å². The fraction of sp³-hybridized carbons (Fsp3) is 0.375. The fourth-order valence-corrected chi connectivity index (χ4v) is 2.29. The van der Waals surface area contributed by atoms with Crippen molar-refractivity contribution < 1.29 is 22.0 Å². The Kier molecular flexibility index (Phi) is 4.49. The molecule has 1 heterocycles. The Morgan fingerprint density at radius 2 is 1.94 bits per heavy atom. The predicted molar refractivity (Wildman–Crippen MR) is 59.5 cm³/mol. The topological polar surface area (TPSA) is 12.9 Å². The molecule has 1 nitrogen and oxygen atoms in total. The van der Waals surface area contributed by atoms with E-state index in [4.69, 9.17) is 0 Å². The summed E-state index contributed by atoms with van der Waals surface area (Å²) in [6.45, 7) is 0. The predicted octanol–water partition coefficient (Wildman–Crippen LogP) is 4.54. The minimum absolute atomic E-state index is 0.107. The highest BCUT2D eigenvalue weighted by molar-refractivity contribution is 14.1. The van der Waals surface area contributed by atoms with E-state index in [9.17, 15) is 22.0 Å². The van der Waals surface area contributed by atoms with Crippen LogP contribution in [0.1, 0.15) is 23.2 Å². The van der Waals surface area contributed by atoms with Crippen LogP contribution in [0.3, 0.4) is 0 Å². The molecule has 0 amide bonds. The van der Waals surface area contributed by atoms with Gasteiger partial charge in [-0.3, -0.25) is 0 Å². The summed E-state index contributed by atoms with van der Waals surface area (Å²) in [4.78, 5) is 3.26. The molecule has 8 heteroatoms. The van der Waals surface area contributed by atoms with Gasteiger partial charge in [-0.2, -0.15) is 13.2 Å². The van der Waals surface area contributed by atoms with Gasteiger partial charge in [0.05, 0.1) is 0 Å². The summed E-state index contributed by atoms with van der Waals surface area (Å²) in [6.07, 6.45) is -7.68. The average Bonchev–Trinajstić information content (AvgIpc) is 2.14. The molecule has 16 heavy (non-hydrogen) atoms. The number of hydrogen-bond donors (Lipinski definition) is 0. The van der Waals surface area contributed by atoms with Crippen LogP contribution in [0.4, 0.5) is 22.0 Å². The highest BCUT2D eigenvalue weighted by atomic mass is 127. The van der Waals surface area contributed by atoms with Gasteiger partial charge in [0.2, 0.25) is 0 Å². The monoisotopic (exact) mass is 415 g/mol. The molecule has 1 rings (SSSR count). The number of nitrogens with zero attached hydrogens (tertiary/aromatic N) is 1. The van der Waals surface area contributed by atoms with E-state index in [2.05, 4.69) is 20.9 Å². The first-order valence-corrected chi connectivity index (χ1v) is 6.08. The Bertz CT molecular complexity index is 393. The van der Waals surface area contributed by atoms with Gasteiger partial charge in [-0.1, -0.05) is 15.9 Å². The molecule has 0 aliphatic heterocycles. The molecular weight excluding hydrogens is 412 g/mol. The first kappa shape index (κ1) is 14.1. The van der Waals surface area contributed by atoms with Gasteiger partial charge in [-0.05, 0) is 28.7 Å². The van der Waals surface area contributed by atoms with E-state index >= 15 is 0 Å². The van der Waals surface area contributed by atoms with Crippen molar-refractivity contribution in [1.82, 2.24) is 4.98 Å². The van der Waals surface area contributed by atoms with Gasteiger partial charge in [0.25, 0.3) is 6.43 Å². The number of halogens is 7. The maximum atomic E-state index is 12.5. The molecule has 0 aliphatic carbocycles. The van der Waals surface area contributed by atoms with Crippen molar-refractivity contribution in [2.45, 2.75) is 17.9 Å². The zero-order chi connectivity index (χ0) is 12.5. The van der Waals surface area contributed by atoms with Crippen LogP contribution in [0.25, 0.3) is 0 Å². The van der Waals surface area contributed by atoms with Gasteiger partial charge in [-0.25, -0.2) is 13.8 Å². The average molecular weight is 416 g/mol. The molecule has 0 radical (unpaired) electrons. The summed E-state index contributed by atoms with van der Waals surface area (Å²) < 4.78 is 62.6. The molecule has 0 atom stereocenters. The third-order valence-electron chi connectivity index (χ3n) is 1.76. The molecule has 0 unspecified atom stereocenters. The highest BCUT2D eigenvalue weighted by Gasteiger charge is 2.37. The fourth-order valence-electron chi connectivity index (χ4n) is 1.13. The smallest absolute Gasteiger partial charge is 0.237 e. The summed E-state index contributed by atoms with van der Waals surface area (Å²) in [6, 6.07) is 0.955. The van der Waals surface area contributed by atoms with Gasteiger partial charge in [-0.15, -0.1) is 0 Å². The van der Waals surface area contributed by atoms with E-state index in [-0.39, 0.29) is 9.03 Å². The normalized spacial score (nSPS) is 12.2. The lowest BCUT2D eigenvalue weighted by Gasteiger charge is -2.14. The number of aromatic nitrogens is 1. The first-order valence-electron chi connectivity index (χ1n) is 3.88. The summed E-state index contributed by atoms with van der Waals surface area (Å²) in [5.74, 6) is 0.